The normalized spacial score (nSPS) is 12.2. The van der Waals surface area contributed by atoms with Gasteiger partial charge in [0.15, 0.2) is 0 Å². The highest BCUT2D eigenvalue weighted by atomic mass is 35.5. The predicted molar refractivity (Wildman–Crippen MR) is 76.7 cm³/mol. The quantitative estimate of drug-likeness (QED) is 0.917. The number of hydrogen-bond acceptors (Lipinski definition) is 1. The van der Waals surface area contributed by atoms with Gasteiger partial charge in [0.05, 0.1) is 5.92 Å². The van der Waals surface area contributed by atoms with Crippen molar-refractivity contribution >= 4 is 17.6 Å². The highest BCUT2D eigenvalue weighted by Gasteiger charge is 2.23. The number of hydrogen-bond donors (Lipinski definition) is 1. The Balaban J connectivity index is 2.35. The minimum absolute atomic E-state index is 0.0316. The van der Waals surface area contributed by atoms with E-state index in [4.69, 9.17) is 11.6 Å². The summed E-state index contributed by atoms with van der Waals surface area (Å²) >= 11 is 5.96. The number of rotatable bonds is 4. The monoisotopic (exact) mass is 292 g/mol. The lowest BCUT2D eigenvalue weighted by Gasteiger charge is -2.14. The number of carbonyl (C=O) groups is 1. The summed E-state index contributed by atoms with van der Waals surface area (Å²) in [6, 6.07) is 11.5. The van der Waals surface area contributed by atoms with Crippen LogP contribution < -0.4 is 0 Å². The van der Waals surface area contributed by atoms with Crippen LogP contribution in [0.1, 0.15) is 22.6 Å². The maximum Gasteiger partial charge on any atom is 0.311 e. The Hall–Kier alpha value is -1.87. The first-order chi connectivity index (χ1) is 9.49. The molecule has 0 radical (unpaired) electrons. The number of benzene rings is 2. The molecule has 0 heterocycles. The molecule has 0 saturated carbocycles. The van der Waals surface area contributed by atoms with E-state index in [1.54, 1.807) is 18.2 Å². The Morgan fingerprint density at radius 2 is 1.90 bits per heavy atom. The molecule has 2 aromatic carbocycles. The number of carboxylic acid groups (broad SMARTS) is 1. The summed E-state index contributed by atoms with van der Waals surface area (Å²) in [7, 11) is 0. The predicted octanol–water partition coefficient (Wildman–Crippen LogP) is 4.20. The van der Waals surface area contributed by atoms with Crippen molar-refractivity contribution in [3.8, 4) is 0 Å². The lowest BCUT2D eigenvalue weighted by atomic mass is 9.91. The minimum Gasteiger partial charge on any atom is -0.481 e. The van der Waals surface area contributed by atoms with E-state index >= 15 is 0 Å². The highest BCUT2D eigenvalue weighted by molar-refractivity contribution is 6.31. The molecule has 20 heavy (non-hydrogen) atoms. The first-order valence-corrected chi connectivity index (χ1v) is 6.59. The molecule has 0 aliphatic carbocycles. The molecule has 0 aliphatic heterocycles. The van der Waals surface area contributed by atoms with Crippen molar-refractivity contribution in [3.63, 3.8) is 0 Å². The topological polar surface area (TPSA) is 37.3 Å². The van der Waals surface area contributed by atoms with Crippen LogP contribution in [0, 0.1) is 12.7 Å². The fraction of sp³-hybridized carbons (Fsp3) is 0.188. The van der Waals surface area contributed by atoms with Gasteiger partial charge in [-0.2, -0.15) is 0 Å². The zero-order valence-electron chi connectivity index (χ0n) is 10.9. The molecule has 2 aromatic rings. The minimum atomic E-state index is -0.992. The zero-order valence-corrected chi connectivity index (χ0v) is 11.7. The number of halogens is 2. The number of aryl methyl sites for hydroxylation is 1. The molecule has 0 bridgehead atoms. The van der Waals surface area contributed by atoms with Crippen molar-refractivity contribution in [1.82, 2.24) is 0 Å². The van der Waals surface area contributed by atoms with Crippen LogP contribution in [0.3, 0.4) is 0 Å². The Labute approximate surface area is 121 Å². The SMILES string of the molecule is Cc1ccc(C(Cc2c(F)cccc2Cl)C(=O)O)cc1. The van der Waals surface area contributed by atoms with Crippen molar-refractivity contribution in [1.29, 1.82) is 0 Å². The second kappa shape index (κ2) is 6.06. The fourth-order valence-electron chi connectivity index (χ4n) is 2.08. The van der Waals surface area contributed by atoms with Crippen LogP contribution in [0.2, 0.25) is 5.02 Å². The number of aliphatic carboxylic acids is 1. The van der Waals surface area contributed by atoms with Gasteiger partial charge in [0.25, 0.3) is 0 Å². The van der Waals surface area contributed by atoms with Crippen molar-refractivity contribution < 1.29 is 14.3 Å². The summed E-state index contributed by atoms with van der Waals surface area (Å²) in [6.45, 7) is 1.92. The second-order valence-electron chi connectivity index (χ2n) is 4.71. The third kappa shape index (κ3) is 3.17. The van der Waals surface area contributed by atoms with Crippen molar-refractivity contribution in [2.75, 3.05) is 0 Å². The summed E-state index contributed by atoms with van der Waals surface area (Å²) < 4.78 is 13.8. The third-order valence-electron chi connectivity index (χ3n) is 3.25. The lowest BCUT2D eigenvalue weighted by molar-refractivity contribution is -0.138. The van der Waals surface area contributed by atoms with Crippen LogP contribution in [-0.4, -0.2) is 11.1 Å². The van der Waals surface area contributed by atoms with E-state index in [1.807, 2.05) is 19.1 Å². The molecular formula is C16H14ClFO2. The van der Waals surface area contributed by atoms with Crippen molar-refractivity contribution in [3.05, 3.63) is 70.0 Å². The molecule has 0 aliphatic rings. The summed E-state index contributed by atoms with van der Waals surface area (Å²) in [5, 5.41) is 9.63. The molecule has 1 unspecified atom stereocenters. The van der Waals surface area contributed by atoms with E-state index in [-0.39, 0.29) is 17.0 Å². The molecular weight excluding hydrogens is 279 g/mol. The zero-order chi connectivity index (χ0) is 14.7. The van der Waals surface area contributed by atoms with E-state index in [1.165, 1.54) is 12.1 Å². The Morgan fingerprint density at radius 3 is 2.45 bits per heavy atom. The maximum atomic E-state index is 13.8. The van der Waals surface area contributed by atoms with Gasteiger partial charge in [0, 0.05) is 10.6 Å². The summed E-state index contributed by atoms with van der Waals surface area (Å²) in [4.78, 5) is 11.4. The van der Waals surface area contributed by atoms with E-state index in [0.29, 0.717) is 5.56 Å². The largest absolute Gasteiger partial charge is 0.481 e. The molecule has 2 rings (SSSR count). The molecule has 0 amide bonds. The third-order valence-corrected chi connectivity index (χ3v) is 3.60. The first kappa shape index (κ1) is 14.5. The molecule has 1 N–H and O–H groups in total. The van der Waals surface area contributed by atoms with E-state index in [2.05, 4.69) is 0 Å². The summed E-state index contributed by atoms with van der Waals surface area (Å²) in [5.41, 5.74) is 1.92. The fourth-order valence-corrected chi connectivity index (χ4v) is 2.32. The van der Waals surface area contributed by atoms with Gasteiger partial charge in [-0.3, -0.25) is 4.79 Å². The van der Waals surface area contributed by atoms with Crippen LogP contribution in [0.4, 0.5) is 4.39 Å². The van der Waals surface area contributed by atoms with Gasteiger partial charge >= 0.3 is 5.97 Å². The van der Waals surface area contributed by atoms with Crippen LogP contribution in [0.25, 0.3) is 0 Å². The van der Waals surface area contributed by atoms with Crippen molar-refractivity contribution in [2.24, 2.45) is 0 Å². The Morgan fingerprint density at radius 1 is 1.25 bits per heavy atom. The molecule has 0 aromatic heterocycles. The van der Waals surface area contributed by atoms with Gasteiger partial charge in [0.2, 0.25) is 0 Å². The van der Waals surface area contributed by atoms with Gasteiger partial charge < -0.3 is 5.11 Å². The van der Waals surface area contributed by atoms with Crippen LogP contribution in [-0.2, 0) is 11.2 Å². The standard InChI is InChI=1S/C16H14ClFO2/c1-10-5-7-11(8-6-10)12(16(19)20)9-13-14(17)3-2-4-15(13)18/h2-8,12H,9H2,1H3,(H,19,20). The molecule has 104 valence electrons. The van der Waals surface area contributed by atoms with Gasteiger partial charge in [-0.25, -0.2) is 4.39 Å². The summed E-state index contributed by atoms with van der Waals surface area (Å²) in [5.74, 6) is -2.28. The van der Waals surface area contributed by atoms with E-state index in [0.717, 1.165) is 5.56 Å². The van der Waals surface area contributed by atoms with Crippen LogP contribution in [0.5, 0.6) is 0 Å². The molecule has 0 saturated heterocycles. The number of carboxylic acids is 1. The highest BCUT2D eigenvalue weighted by Crippen LogP contribution is 2.27. The second-order valence-corrected chi connectivity index (χ2v) is 5.11. The van der Waals surface area contributed by atoms with Crippen LogP contribution in [0.15, 0.2) is 42.5 Å². The van der Waals surface area contributed by atoms with Crippen molar-refractivity contribution in [2.45, 2.75) is 19.3 Å². The average molecular weight is 293 g/mol. The average Bonchev–Trinajstić information content (AvgIpc) is 2.39. The molecule has 1 atom stereocenters. The Bertz CT molecular complexity index is 603. The Kier molecular flexibility index (Phi) is 4.40. The van der Waals surface area contributed by atoms with Crippen LogP contribution >= 0.6 is 11.6 Å². The molecule has 0 spiro atoms. The van der Waals surface area contributed by atoms with Gasteiger partial charge in [-0.1, -0.05) is 47.5 Å². The van der Waals surface area contributed by atoms with Gasteiger partial charge in [-0.05, 0) is 31.0 Å². The molecule has 4 heteroatoms. The molecule has 0 fully saturated rings. The lowest BCUT2D eigenvalue weighted by Crippen LogP contribution is -2.15. The summed E-state index contributed by atoms with van der Waals surface area (Å²) in [6.07, 6.45) is 0.0316. The van der Waals surface area contributed by atoms with Gasteiger partial charge in [-0.15, -0.1) is 0 Å². The van der Waals surface area contributed by atoms with E-state index < -0.39 is 17.7 Å². The van der Waals surface area contributed by atoms with Gasteiger partial charge in [0.1, 0.15) is 5.82 Å². The van der Waals surface area contributed by atoms with E-state index in [9.17, 15) is 14.3 Å². The smallest absolute Gasteiger partial charge is 0.311 e. The maximum absolute atomic E-state index is 13.8. The molecule has 2 nitrogen and oxygen atoms in total. The first-order valence-electron chi connectivity index (χ1n) is 6.21.